The van der Waals surface area contributed by atoms with Crippen molar-refractivity contribution >= 4 is 11.6 Å². The normalized spacial score (nSPS) is 16.0. The number of pyridine rings is 1. The molecule has 1 aliphatic rings. The van der Waals surface area contributed by atoms with Crippen molar-refractivity contribution in [2.45, 2.75) is 12.8 Å². The number of ketones is 1. The number of nitrogens with zero attached hydrogens (tertiary/aromatic N) is 1. The van der Waals surface area contributed by atoms with Crippen molar-refractivity contribution in [3.8, 4) is 0 Å². The van der Waals surface area contributed by atoms with Crippen molar-refractivity contribution in [2.24, 2.45) is 5.92 Å². The van der Waals surface area contributed by atoms with Gasteiger partial charge in [0, 0.05) is 12.1 Å². The molecule has 3 heteroatoms. The molecule has 1 aromatic heterocycles. The van der Waals surface area contributed by atoms with Crippen LogP contribution in [0.15, 0.2) is 18.3 Å². The van der Waals surface area contributed by atoms with E-state index >= 15 is 0 Å². The highest BCUT2D eigenvalue weighted by Gasteiger charge is 2.31. The fraction of sp³-hybridized carbons (Fsp3) is 0.333. The molecule has 1 aromatic rings. The molecule has 0 aliphatic heterocycles. The van der Waals surface area contributed by atoms with E-state index in [0.29, 0.717) is 11.4 Å². The number of Topliss-reactive ketones (excluding diaryl/α,β-unsaturated/α-hetero) is 1. The number of nitrogens with two attached hydrogens (primary N) is 1. The molecule has 0 saturated heterocycles. The summed E-state index contributed by atoms with van der Waals surface area (Å²) < 4.78 is 0. The summed E-state index contributed by atoms with van der Waals surface area (Å²) in [6.07, 6.45) is 3.61. The van der Waals surface area contributed by atoms with Crippen molar-refractivity contribution in [1.82, 2.24) is 4.98 Å². The lowest BCUT2D eigenvalue weighted by atomic mass is 10.1. The molecular weight excluding hydrogens is 152 g/mol. The van der Waals surface area contributed by atoms with E-state index in [1.54, 1.807) is 18.3 Å². The summed E-state index contributed by atoms with van der Waals surface area (Å²) >= 11 is 0. The van der Waals surface area contributed by atoms with Gasteiger partial charge in [-0.2, -0.15) is 0 Å². The van der Waals surface area contributed by atoms with Crippen LogP contribution < -0.4 is 5.73 Å². The fourth-order valence-electron chi connectivity index (χ4n) is 1.19. The van der Waals surface area contributed by atoms with Crippen LogP contribution in [0.1, 0.15) is 23.2 Å². The zero-order valence-electron chi connectivity index (χ0n) is 6.66. The minimum Gasteiger partial charge on any atom is -0.383 e. The second-order valence-corrected chi connectivity index (χ2v) is 3.07. The molecular formula is C9H10N2O. The average Bonchev–Trinajstić information content (AvgIpc) is 2.86. The van der Waals surface area contributed by atoms with Gasteiger partial charge in [-0.25, -0.2) is 4.98 Å². The molecule has 0 aromatic carbocycles. The van der Waals surface area contributed by atoms with Gasteiger partial charge in [0.2, 0.25) is 0 Å². The van der Waals surface area contributed by atoms with Gasteiger partial charge in [-0.3, -0.25) is 4.79 Å². The van der Waals surface area contributed by atoms with Crippen molar-refractivity contribution in [1.29, 1.82) is 0 Å². The van der Waals surface area contributed by atoms with Crippen molar-refractivity contribution in [3.63, 3.8) is 0 Å². The number of carbonyl (C=O) groups is 1. The summed E-state index contributed by atoms with van der Waals surface area (Å²) in [4.78, 5) is 15.4. The lowest BCUT2D eigenvalue weighted by molar-refractivity contribution is 0.0968. The van der Waals surface area contributed by atoms with Crippen LogP contribution >= 0.6 is 0 Å². The van der Waals surface area contributed by atoms with Gasteiger partial charge in [0.25, 0.3) is 0 Å². The van der Waals surface area contributed by atoms with Gasteiger partial charge in [0.15, 0.2) is 5.78 Å². The number of aromatic nitrogens is 1. The molecule has 0 bridgehead atoms. The third kappa shape index (κ3) is 1.18. The van der Waals surface area contributed by atoms with E-state index in [9.17, 15) is 4.79 Å². The molecule has 1 fully saturated rings. The number of rotatable bonds is 2. The van der Waals surface area contributed by atoms with E-state index in [4.69, 9.17) is 5.73 Å². The van der Waals surface area contributed by atoms with E-state index in [1.165, 1.54) is 0 Å². The Morgan fingerprint density at radius 2 is 2.33 bits per heavy atom. The molecule has 12 heavy (non-hydrogen) atoms. The molecule has 0 atom stereocenters. The predicted octanol–water partition coefficient (Wildman–Crippen LogP) is 1.26. The molecule has 1 heterocycles. The lowest BCUT2D eigenvalue weighted by Gasteiger charge is -2.00. The van der Waals surface area contributed by atoms with Gasteiger partial charge < -0.3 is 5.73 Å². The molecule has 2 N–H and O–H groups in total. The number of hydrogen-bond acceptors (Lipinski definition) is 3. The second kappa shape index (κ2) is 2.59. The molecule has 1 aliphatic carbocycles. The van der Waals surface area contributed by atoms with Gasteiger partial charge in [0.05, 0.1) is 5.56 Å². The Balaban J connectivity index is 2.32. The topological polar surface area (TPSA) is 56.0 Å². The highest BCUT2D eigenvalue weighted by atomic mass is 16.1. The van der Waals surface area contributed by atoms with E-state index in [-0.39, 0.29) is 11.7 Å². The molecule has 2 rings (SSSR count). The first-order valence-corrected chi connectivity index (χ1v) is 4.04. The van der Waals surface area contributed by atoms with Gasteiger partial charge in [-0.1, -0.05) is 0 Å². The number of anilines is 1. The quantitative estimate of drug-likeness (QED) is 0.666. The monoisotopic (exact) mass is 162 g/mol. The maximum absolute atomic E-state index is 11.5. The van der Waals surface area contributed by atoms with Gasteiger partial charge in [-0.15, -0.1) is 0 Å². The van der Waals surface area contributed by atoms with Crippen LogP contribution in [-0.4, -0.2) is 10.8 Å². The zero-order valence-corrected chi connectivity index (χ0v) is 6.66. The minimum absolute atomic E-state index is 0.153. The molecule has 0 amide bonds. The third-order valence-electron chi connectivity index (χ3n) is 2.05. The Labute approximate surface area is 70.6 Å². The number of hydrogen-bond donors (Lipinski definition) is 1. The fourth-order valence-corrected chi connectivity index (χ4v) is 1.19. The average molecular weight is 162 g/mol. The molecule has 3 nitrogen and oxygen atoms in total. The van der Waals surface area contributed by atoms with Crippen LogP contribution in [0, 0.1) is 5.92 Å². The van der Waals surface area contributed by atoms with E-state index in [0.717, 1.165) is 12.8 Å². The summed E-state index contributed by atoms with van der Waals surface area (Å²) in [6.45, 7) is 0. The zero-order chi connectivity index (χ0) is 8.55. The Morgan fingerprint density at radius 1 is 1.58 bits per heavy atom. The Bertz CT molecular complexity index is 318. The largest absolute Gasteiger partial charge is 0.383 e. The van der Waals surface area contributed by atoms with Crippen molar-refractivity contribution in [2.75, 3.05) is 5.73 Å². The summed E-state index contributed by atoms with van der Waals surface area (Å²) in [5.74, 6) is 0.728. The summed E-state index contributed by atoms with van der Waals surface area (Å²) in [6, 6.07) is 3.48. The Hall–Kier alpha value is -1.38. The van der Waals surface area contributed by atoms with Crippen molar-refractivity contribution < 1.29 is 4.79 Å². The highest BCUT2D eigenvalue weighted by Crippen LogP contribution is 2.33. The van der Waals surface area contributed by atoms with Gasteiger partial charge in [0.1, 0.15) is 5.82 Å². The molecule has 0 unspecified atom stereocenters. The van der Waals surface area contributed by atoms with E-state index in [2.05, 4.69) is 4.98 Å². The summed E-state index contributed by atoms with van der Waals surface area (Å²) in [5, 5.41) is 0. The first-order chi connectivity index (χ1) is 5.79. The maximum Gasteiger partial charge on any atom is 0.169 e. The standard InChI is InChI=1S/C9H10N2O/c10-9-7(2-1-5-11-9)8(12)6-3-4-6/h1-2,5-6H,3-4H2,(H2,10,11). The van der Waals surface area contributed by atoms with Crippen LogP contribution in [0.5, 0.6) is 0 Å². The predicted molar refractivity (Wildman–Crippen MR) is 45.7 cm³/mol. The summed E-state index contributed by atoms with van der Waals surface area (Å²) in [5.41, 5.74) is 6.14. The SMILES string of the molecule is Nc1ncccc1C(=O)C1CC1. The lowest BCUT2D eigenvalue weighted by Crippen LogP contribution is -2.06. The van der Waals surface area contributed by atoms with Crippen molar-refractivity contribution in [3.05, 3.63) is 23.9 Å². The van der Waals surface area contributed by atoms with Gasteiger partial charge >= 0.3 is 0 Å². The molecule has 0 radical (unpaired) electrons. The number of carbonyl (C=O) groups excluding carboxylic acids is 1. The first-order valence-electron chi connectivity index (χ1n) is 4.04. The molecule has 0 spiro atoms. The van der Waals surface area contributed by atoms with Gasteiger partial charge in [-0.05, 0) is 25.0 Å². The highest BCUT2D eigenvalue weighted by molar-refractivity contribution is 6.02. The molecule has 62 valence electrons. The van der Waals surface area contributed by atoms with E-state index in [1.807, 2.05) is 0 Å². The van der Waals surface area contributed by atoms with Crippen LogP contribution in [0.3, 0.4) is 0 Å². The number of nitrogen functional groups attached to an aromatic ring is 1. The van der Waals surface area contributed by atoms with Crippen LogP contribution in [0.2, 0.25) is 0 Å². The second-order valence-electron chi connectivity index (χ2n) is 3.07. The van der Waals surface area contributed by atoms with E-state index < -0.39 is 0 Å². The Kier molecular flexibility index (Phi) is 1.57. The van der Waals surface area contributed by atoms with Crippen LogP contribution in [-0.2, 0) is 0 Å². The van der Waals surface area contributed by atoms with Crippen LogP contribution in [0.4, 0.5) is 5.82 Å². The smallest absolute Gasteiger partial charge is 0.169 e. The minimum atomic E-state index is 0.153. The van der Waals surface area contributed by atoms with Crippen LogP contribution in [0.25, 0.3) is 0 Å². The third-order valence-corrected chi connectivity index (χ3v) is 2.05. The maximum atomic E-state index is 11.5. The summed E-state index contributed by atoms with van der Waals surface area (Å²) in [7, 11) is 0. The Morgan fingerprint density at radius 3 is 2.92 bits per heavy atom. The molecule has 1 saturated carbocycles. The first kappa shape index (κ1) is 7.28.